The van der Waals surface area contributed by atoms with Gasteiger partial charge in [0.1, 0.15) is 0 Å². The molecule has 0 amide bonds. The van der Waals surface area contributed by atoms with Crippen LogP contribution in [0.5, 0.6) is 0 Å². The fourth-order valence-corrected chi connectivity index (χ4v) is 3.54. The highest BCUT2D eigenvalue weighted by atomic mass is 32.2. The van der Waals surface area contributed by atoms with Crippen LogP contribution in [0.1, 0.15) is 18.9 Å². The molecule has 0 aliphatic heterocycles. The van der Waals surface area contributed by atoms with E-state index in [2.05, 4.69) is 0 Å². The average Bonchev–Trinajstić information content (AvgIpc) is 2.34. The molecule has 0 heterocycles. The van der Waals surface area contributed by atoms with Gasteiger partial charge in [-0.15, -0.1) is 0 Å². The van der Waals surface area contributed by atoms with E-state index in [9.17, 15) is 8.42 Å². The highest BCUT2D eigenvalue weighted by Crippen LogP contribution is 2.19. The van der Waals surface area contributed by atoms with E-state index < -0.39 is 10.0 Å². The molecule has 0 spiro atoms. The highest BCUT2D eigenvalue weighted by molar-refractivity contribution is 7.98. The van der Waals surface area contributed by atoms with E-state index in [1.165, 1.54) is 4.31 Å². The second-order valence-corrected chi connectivity index (χ2v) is 8.01. The molecular formula is C13H22N2O2S2. The number of hydrogen-bond acceptors (Lipinski definition) is 4. The third-order valence-corrected chi connectivity index (χ3v) is 5.54. The molecule has 4 nitrogen and oxygen atoms in total. The maximum atomic E-state index is 12.0. The third kappa shape index (κ3) is 5.14. The van der Waals surface area contributed by atoms with Crippen molar-refractivity contribution in [3.63, 3.8) is 0 Å². The number of nitrogens with zero attached hydrogens (tertiary/aromatic N) is 1. The molecule has 0 aliphatic carbocycles. The first-order chi connectivity index (χ1) is 8.84. The van der Waals surface area contributed by atoms with Crippen molar-refractivity contribution in [3.8, 4) is 0 Å². The lowest BCUT2D eigenvalue weighted by Crippen LogP contribution is -2.22. The van der Waals surface area contributed by atoms with Crippen LogP contribution in [0.25, 0.3) is 0 Å². The van der Waals surface area contributed by atoms with Crippen LogP contribution >= 0.6 is 11.8 Å². The van der Waals surface area contributed by atoms with Crippen LogP contribution in [-0.2, 0) is 15.8 Å². The summed E-state index contributed by atoms with van der Waals surface area (Å²) in [6.45, 7) is 1.99. The summed E-state index contributed by atoms with van der Waals surface area (Å²) in [5.74, 6) is 1.80. The van der Waals surface area contributed by atoms with Gasteiger partial charge in [-0.3, -0.25) is 0 Å². The summed E-state index contributed by atoms with van der Waals surface area (Å²) in [5.41, 5.74) is 6.71. The zero-order valence-electron chi connectivity index (χ0n) is 11.7. The van der Waals surface area contributed by atoms with Gasteiger partial charge in [-0.1, -0.05) is 12.1 Å². The van der Waals surface area contributed by atoms with Gasteiger partial charge in [0, 0.05) is 25.9 Å². The molecule has 0 fully saturated rings. The zero-order chi connectivity index (χ0) is 14.5. The maximum Gasteiger partial charge on any atom is 0.242 e. The van der Waals surface area contributed by atoms with Gasteiger partial charge in [0.05, 0.1) is 4.90 Å². The predicted molar refractivity (Wildman–Crippen MR) is 81.7 cm³/mol. The topological polar surface area (TPSA) is 63.4 Å². The molecule has 0 saturated heterocycles. The minimum absolute atomic E-state index is 0.216. The van der Waals surface area contributed by atoms with Gasteiger partial charge in [0.15, 0.2) is 0 Å². The summed E-state index contributed by atoms with van der Waals surface area (Å²) in [6.07, 6.45) is 0.973. The largest absolute Gasteiger partial charge is 0.328 e. The lowest BCUT2D eigenvalue weighted by Gasteiger charge is -2.12. The van der Waals surface area contributed by atoms with Gasteiger partial charge in [0.25, 0.3) is 0 Å². The number of thioether (sulfide) groups is 1. The molecule has 0 aromatic heterocycles. The van der Waals surface area contributed by atoms with Crippen LogP contribution in [0, 0.1) is 0 Å². The fourth-order valence-electron chi connectivity index (χ4n) is 1.47. The highest BCUT2D eigenvalue weighted by Gasteiger charge is 2.16. The van der Waals surface area contributed by atoms with Gasteiger partial charge in [-0.05, 0) is 36.8 Å². The second-order valence-electron chi connectivity index (χ2n) is 4.75. The zero-order valence-corrected chi connectivity index (χ0v) is 13.3. The average molecular weight is 302 g/mol. The standard InChI is InChI=1S/C13H22N2O2S2/c1-11(14)7-8-18-10-12-5-4-6-13(9-12)19(16,17)15(2)3/h4-6,9,11H,7-8,10,14H2,1-3H3. The molecular weight excluding hydrogens is 280 g/mol. The Balaban J connectivity index is 2.68. The molecule has 19 heavy (non-hydrogen) atoms. The molecule has 0 aliphatic rings. The summed E-state index contributed by atoms with van der Waals surface area (Å²) in [6, 6.07) is 7.33. The Morgan fingerprint density at radius 3 is 2.63 bits per heavy atom. The van der Waals surface area contributed by atoms with E-state index in [-0.39, 0.29) is 6.04 Å². The molecule has 1 rings (SSSR count). The Kier molecular flexibility index (Phi) is 6.32. The summed E-state index contributed by atoms with van der Waals surface area (Å²) in [4.78, 5) is 0.350. The summed E-state index contributed by atoms with van der Waals surface area (Å²) >= 11 is 1.77. The van der Waals surface area contributed by atoms with Crippen LogP contribution in [-0.4, -0.2) is 38.6 Å². The summed E-state index contributed by atoms with van der Waals surface area (Å²) < 4.78 is 25.2. The molecule has 1 aromatic rings. The van der Waals surface area contributed by atoms with Gasteiger partial charge in [0.2, 0.25) is 10.0 Å². The van der Waals surface area contributed by atoms with Crippen LogP contribution in [0.2, 0.25) is 0 Å². The molecule has 1 atom stereocenters. The number of hydrogen-bond donors (Lipinski definition) is 1. The first-order valence-electron chi connectivity index (χ1n) is 6.19. The second kappa shape index (κ2) is 7.28. The SMILES string of the molecule is CC(N)CCSCc1cccc(S(=O)(=O)N(C)C)c1. The van der Waals surface area contributed by atoms with E-state index in [0.717, 1.165) is 23.5 Å². The normalized spacial score (nSPS) is 13.7. The number of benzene rings is 1. The smallest absolute Gasteiger partial charge is 0.242 e. The molecule has 108 valence electrons. The molecule has 6 heteroatoms. The first-order valence-corrected chi connectivity index (χ1v) is 8.78. The van der Waals surface area contributed by atoms with Crippen molar-refractivity contribution in [1.82, 2.24) is 4.31 Å². The number of nitrogens with two attached hydrogens (primary N) is 1. The molecule has 0 radical (unpaired) electrons. The van der Waals surface area contributed by atoms with Crippen LogP contribution < -0.4 is 5.73 Å². The lowest BCUT2D eigenvalue weighted by molar-refractivity contribution is 0.520. The van der Waals surface area contributed by atoms with Crippen molar-refractivity contribution in [2.45, 2.75) is 30.0 Å². The molecule has 1 unspecified atom stereocenters. The first kappa shape index (κ1) is 16.5. The van der Waals surface area contributed by atoms with Gasteiger partial charge < -0.3 is 5.73 Å². The van der Waals surface area contributed by atoms with Crippen molar-refractivity contribution in [3.05, 3.63) is 29.8 Å². The monoisotopic (exact) mass is 302 g/mol. The van der Waals surface area contributed by atoms with E-state index in [1.54, 1.807) is 44.1 Å². The maximum absolute atomic E-state index is 12.0. The fraction of sp³-hybridized carbons (Fsp3) is 0.538. The molecule has 0 saturated carbocycles. The Labute approximate surface area is 120 Å². The molecule has 0 bridgehead atoms. The Morgan fingerprint density at radius 2 is 2.05 bits per heavy atom. The van der Waals surface area contributed by atoms with Crippen molar-refractivity contribution in [2.24, 2.45) is 5.73 Å². The number of sulfonamides is 1. The van der Waals surface area contributed by atoms with Crippen molar-refractivity contribution >= 4 is 21.8 Å². The Morgan fingerprint density at radius 1 is 1.37 bits per heavy atom. The lowest BCUT2D eigenvalue weighted by atomic mass is 10.2. The van der Waals surface area contributed by atoms with E-state index in [1.807, 2.05) is 13.0 Å². The quantitative estimate of drug-likeness (QED) is 0.782. The number of rotatable bonds is 7. The van der Waals surface area contributed by atoms with Crippen molar-refractivity contribution in [2.75, 3.05) is 19.8 Å². The van der Waals surface area contributed by atoms with Gasteiger partial charge in [-0.2, -0.15) is 11.8 Å². The van der Waals surface area contributed by atoms with Gasteiger partial charge >= 0.3 is 0 Å². The van der Waals surface area contributed by atoms with E-state index in [4.69, 9.17) is 5.73 Å². The Hall–Kier alpha value is -0.560. The van der Waals surface area contributed by atoms with Crippen molar-refractivity contribution < 1.29 is 8.42 Å². The third-order valence-electron chi connectivity index (χ3n) is 2.66. The van der Waals surface area contributed by atoms with Gasteiger partial charge in [-0.25, -0.2) is 12.7 Å². The minimum Gasteiger partial charge on any atom is -0.328 e. The van der Waals surface area contributed by atoms with Crippen LogP contribution in [0.15, 0.2) is 29.2 Å². The molecule has 1 aromatic carbocycles. The Bertz CT molecular complexity index is 499. The molecule has 2 N–H and O–H groups in total. The van der Waals surface area contributed by atoms with E-state index >= 15 is 0 Å². The summed E-state index contributed by atoms with van der Waals surface area (Å²) in [5, 5.41) is 0. The minimum atomic E-state index is -3.34. The summed E-state index contributed by atoms with van der Waals surface area (Å²) in [7, 11) is -0.257. The van der Waals surface area contributed by atoms with Crippen molar-refractivity contribution in [1.29, 1.82) is 0 Å². The van der Waals surface area contributed by atoms with Crippen LogP contribution in [0.4, 0.5) is 0 Å². The van der Waals surface area contributed by atoms with E-state index in [0.29, 0.717) is 4.90 Å². The predicted octanol–water partition coefficient (Wildman–Crippen LogP) is 1.91. The van der Waals surface area contributed by atoms with Crippen LogP contribution in [0.3, 0.4) is 0 Å².